The lowest BCUT2D eigenvalue weighted by molar-refractivity contribution is -0.139. The molecule has 2 amide bonds. The first kappa shape index (κ1) is 18.7. The maximum Gasteiger partial charge on any atom is 0.309 e. The molecule has 2 rings (SSSR count). The van der Waals surface area contributed by atoms with E-state index in [0.29, 0.717) is 0 Å². The third-order valence-electron chi connectivity index (χ3n) is 3.38. The molecule has 1 aromatic carbocycles. The quantitative estimate of drug-likeness (QED) is 0.755. The van der Waals surface area contributed by atoms with Crippen molar-refractivity contribution in [3.8, 4) is 0 Å². The molecule has 0 saturated heterocycles. The Morgan fingerprint density at radius 2 is 1.72 bits per heavy atom. The highest BCUT2D eigenvalue weighted by atomic mass is 32.2. The number of rotatable bonds is 6. The number of amides is 2. The Balaban J connectivity index is 2.21. The zero-order valence-electron chi connectivity index (χ0n) is 13.9. The van der Waals surface area contributed by atoms with Crippen molar-refractivity contribution < 1.29 is 22.4 Å². The molecule has 0 aliphatic rings. The number of nitrogens with one attached hydrogen (secondary N) is 2. The summed E-state index contributed by atoms with van der Waals surface area (Å²) >= 11 is 0. The minimum absolute atomic E-state index is 0.109. The normalized spacial score (nSPS) is 12.6. The van der Waals surface area contributed by atoms with Gasteiger partial charge in [-0.05, 0) is 38.1 Å². The van der Waals surface area contributed by atoms with Gasteiger partial charge in [0.2, 0.25) is 0 Å². The van der Waals surface area contributed by atoms with E-state index in [1.165, 1.54) is 24.5 Å². The van der Waals surface area contributed by atoms with E-state index in [1.54, 1.807) is 38.1 Å². The second kappa shape index (κ2) is 7.98. The molecule has 2 N–H and O–H groups in total. The third kappa shape index (κ3) is 4.69. The Labute approximate surface area is 146 Å². The fourth-order valence-electron chi connectivity index (χ4n) is 2.21. The minimum atomic E-state index is -3.81. The second-order valence-corrected chi connectivity index (χ2v) is 7.83. The van der Waals surface area contributed by atoms with Gasteiger partial charge in [0.05, 0.1) is 11.2 Å². The molecule has 1 aromatic heterocycles. The highest BCUT2D eigenvalue weighted by molar-refractivity contribution is 7.91. The van der Waals surface area contributed by atoms with Crippen LogP contribution < -0.4 is 10.6 Å². The van der Waals surface area contributed by atoms with Crippen LogP contribution in [0, 0.1) is 0 Å². The van der Waals surface area contributed by atoms with Crippen molar-refractivity contribution in [2.45, 2.75) is 30.0 Å². The van der Waals surface area contributed by atoms with E-state index in [2.05, 4.69) is 10.6 Å². The van der Waals surface area contributed by atoms with Crippen LogP contribution in [-0.4, -0.2) is 32.8 Å². The van der Waals surface area contributed by atoms with Gasteiger partial charge in [0.1, 0.15) is 11.0 Å². The summed E-state index contributed by atoms with van der Waals surface area (Å²) in [4.78, 5) is 23.7. The van der Waals surface area contributed by atoms with Gasteiger partial charge in [0.15, 0.2) is 9.84 Å². The predicted molar refractivity (Wildman–Crippen MR) is 91.4 cm³/mol. The van der Waals surface area contributed by atoms with Gasteiger partial charge in [0.25, 0.3) is 0 Å². The lowest BCUT2D eigenvalue weighted by Crippen LogP contribution is -2.44. The molecule has 2 aromatic rings. The average Bonchev–Trinajstić information content (AvgIpc) is 3.09. The molecule has 0 saturated carbocycles. The van der Waals surface area contributed by atoms with Gasteiger partial charge in [0, 0.05) is 12.6 Å². The summed E-state index contributed by atoms with van der Waals surface area (Å²) in [5.74, 6) is -1.52. The first-order chi connectivity index (χ1) is 11.8. The molecule has 1 atom stereocenters. The molecule has 0 aliphatic heterocycles. The number of hydrogen-bond acceptors (Lipinski definition) is 5. The molecule has 0 aliphatic carbocycles. The van der Waals surface area contributed by atoms with Crippen molar-refractivity contribution in [1.82, 2.24) is 10.6 Å². The molecule has 0 fully saturated rings. The van der Waals surface area contributed by atoms with Crippen molar-refractivity contribution in [1.29, 1.82) is 0 Å². The number of sulfone groups is 1. The first-order valence-electron chi connectivity index (χ1n) is 7.73. The zero-order valence-corrected chi connectivity index (χ0v) is 14.7. The Bertz CT molecular complexity index is 814. The third-order valence-corrected chi connectivity index (χ3v) is 5.46. The fraction of sp³-hybridized carbons (Fsp3) is 0.294. The van der Waals surface area contributed by atoms with E-state index in [0.717, 1.165) is 0 Å². The molecular weight excluding hydrogens is 344 g/mol. The van der Waals surface area contributed by atoms with E-state index in [4.69, 9.17) is 4.42 Å². The van der Waals surface area contributed by atoms with E-state index in [-0.39, 0.29) is 23.2 Å². The van der Waals surface area contributed by atoms with Gasteiger partial charge in [-0.3, -0.25) is 9.59 Å². The van der Waals surface area contributed by atoms with Crippen molar-refractivity contribution >= 4 is 21.7 Å². The summed E-state index contributed by atoms with van der Waals surface area (Å²) in [6.45, 7) is 3.16. The molecule has 0 spiro atoms. The van der Waals surface area contributed by atoms with Crippen molar-refractivity contribution in [3.05, 3.63) is 54.5 Å². The molecule has 0 bridgehead atoms. The zero-order chi connectivity index (χ0) is 18.4. The first-order valence-corrected chi connectivity index (χ1v) is 9.28. The number of carbonyl (C=O) groups is 2. The number of hydrogen-bond donors (Lipinski definition) is 2. The average molecular weight is 364 g/mol. The van der Waals surface area contributed by atoms with E-state index >= 15 is 0 Å². The SMILES string of the molecule is CC(C)NC(=O)C(=O)NC[C@H](c1ccco1)S(=O)(=O)c1ccccc1. The van der Waals surface area contributed by atoms with Crippen molar-refractivity contribution in [2.24, 2.45) is 0 Å². The van der Waals surface area contributed by atoms with Crippen molar-refractivity contribution in [2.75, 3.05) is 6.54 Å². The van der Waals surface area contributed by atoms with Crippen LogP contribution in [0.4, 0.5) is 0 Å². The van der Waals surface area contributed by atoms with Crippen LogP contribution >= 0.6 is 0 Å². The predicted octanol–water partition coefficient (Wildman–Crippen LogP) is 1.44. The van der Waals surface area contributed by atoms with Crippen LogP contribution in [0.25, 0.3) is 0 Å². The lowest BCUT2D eigenvalue weighted by Gasteiger charge is -2.17. The van der Waals surface area contributed by atoms with Crippen LogP contribution in [0.1, 0.15) is 24.9 Å². The Kier molecular flexibility index (Phi) is 5.97. The Morgan fingerprint density at radius 1 is 1.04 bits per heavy atom. The van der Waals surface area contributed by atoms with E-state index < -0.39 is 26.9 Å². The molecule has 0 unspecified atom stereocenters. The highest BCUT2D eigenvalue weighted by Gasteiger charge is 2.32. The standard InChI is InChI=1S/C17H20N2O5S/c1-12(2)19-17(21)16(20)18-11-15(14-9-6-10-24-14)25(22,23)13-7-4-3-5-8-13/h3-10,12,15H,11H2,1-2H3,(H,18,20)(H,19,21)/t15-/m1/s1. The minimum Gasteiger partial charge on any atom is -0.468 e. The van der Waals surface area contributed by atoms with Gasteiger partial charge in [-0.15, -0.1) is 0 Å². The fourth-order valence-corrected chi connectivity index (χ4v) is 3.81. The van der Waals surface area contributed by atoms with Gasteiger partial charge >= 0.3 is 11.8 Å². The topological polar surface area (TPSA) is 105 Å². The second-order valence-electron chi connectivity index (χ2n) is 5.70. The van der Waals surface area contributed by atoms with E-state index in [1.807, 2.05) is 0 Å². The Morgan fingerprint density at radius 3 is 2.28 bits per heavy atom. The van der Waals surface area contributed by atoms with Gasteiger partial charge in [-0.2, -0.15) is 0 Å². The van der Waals surface area contributed by atoms with E-state index in [9.17, 15) is 18.0 Å². The summed E-state index contributed by atoms with van der Waals surface area (Å²) in [5, 5.41) is 3.67. The molecule has 134 valence electrons. The smallest absolute Gasteiger partial charge is 0.309 e. The molecule has 0 radical (unpaired) electrons. The maximum absolute atomic E-state index is 12.9. The number of furan rings is 1. The van der Waals surface area contributed by atoms with Gasteiger partial charge in [-0.1, -0.05) is 18.2 Å². The van der Waals surface area contributed by atoms with Crippen LogP contribution in [-0.2, 0) is 19.4 Å². The summed E-state index contributed by atoms with van der Waals surface area (Å²) in [7, 11) is -3.81. The molecule has 7 nitrogen and oxygen atoms in total. The van der Waals surface area contributed by atoms with Gasteiger partial charge < -0.3 is 15.1 Å². The largest absolute Gasteiger partial charge is 0.468 e. The summed E-state index contributed by atoms with van der Waals surface area (Å²) in [5.41, 5.74) is 0. The van der Waals surface area contributed by atoms with Crippen LogP contribution in [0.3, 0.4) is 0 Å². The molecule has 25 heavy (non-hydrogen) atoms. The number of benzene rings is 1. The van der Waals surface area contributed by atoms with Crippen LogP contribution in [0.2, 0.25) is 0 Å². The lowest BCUT2D eigenvalue weighted by atomic mass is 10.3. The highest BCUT2D eigenvalue weighted by Crippen LogP contribution is 2.28. The summed E-state index contributed by atoms with van der Waals surface area (Å²) in [6, 6.07) is 10.8. The molecule has 1 heterocycles. The number of carbonyl (C=O) groups excluding carboxylic acids is 2. The van der Waals surface area contributed by atoms with Gasteiger partial charge in [-0.25, -0.2) is 8.42 Å². The molecule has 8 heteroatoms. The monoisotopic (exact) mass is 364 g/mol. The molecular formula is C17H20N2O5S. The van der Waals surface area contributed by atoms with Crippen LogP contribution in [0.15, 0.2) is 58.0 Å². The Hall–Kier alpha value is -2.61. The summed E-state index contributed by atoms with van der Waals surface area (Å²) < 4.78 is 31.0. The maximum atomic E-state index is 12.9. The summed E-state index contributed by atoms with van der Waals surface area (Å²) in [6.07, 6.45) is 1.36. The van der Waals surface area contributed by atoms with Crippen molar-refractivity contribution in [3.63, 3.8) is 0 Å². The van der Waals surface area contributed by atoms with Crippen LogP contribution in [0.5, 0.6) is 0 Å².